The first-order valence-electron chi connectivity index (χ1n) is 10.2. The molecular formula is C25H25N3O4. The van der Waals surface area contributed by atoms with Crippen LogP contribution in [-0.4, -0.2) is 21.6 Å². The number of hydrogen-bond acceptors (Lipinski definition) is 4. The van der Waals surface area contributed by atoms with Crippen molar-refractivity contribution < 1.29 is 14.5 Å². The summed E-state index contributed by atoms with van der Waals surface area (Å²) in [6, 6.07) is 21.1. The number of nitrogens with one attached hydrogen (secondary N) is 1. The molecule has 7 heteroatoms. The number of hydrogen-bond donors (Lipinski definition) is 1. The van der Waals surface area contributed by atoms with Crippen LogP contribution in [0.15, 0.2) is 72.8 Å². The summed E-state index contributed by atoms with van der Waals surface area (Å²) in [4.78, 5) is 37.7. The van der Waals surface area contributed by atoms with Crippen molar-refractivity contribution in [3.8, 4) is 0 Å². The maximum atomic E-state index is 13.7. The van der Waals surface area contributed by atoms with Crippen molar-refractivity contribution in [3.63, 3.8) is 0 Å². The topological polar surface area (TPSA) is 92.6 Å². The van der Waals surface area contributed by atoms with E-state index in [4.69, 9.17) is 0 Å². The van der Waals surface area contributed by atoms with E-state index in [9.17, 15) is 19.7 Å². The van der Waals surface area contributed by atoms with Crippen molar-refractivity contribution in [2.24, 2.45) is 0 Å². The second-order valence-electron chi connectivity index (χ2n) is 7.61. The molecule has 32 heavy (non-hydrogen) atoms. The van der Waals surface area contributed by atoms with Crippen molar-refractivity contribution in [1.29, 1.82) is 0 Å². The fourth-order valence-electron chi connectivity index (χ4n) is 3.63. The third-order valence-corrected chi connectivity index (χ3v) is 5.35. The lowest BCUT2D eigenvalue weighted by Gasteiger charge is -2.30. The molecule has 1 unspecified atom stereocenters. The Morgan fingerprint density at radius 1 is 1.03 bits per heavy atom. The van der Waals surface area contributed by atoms with Crippen LogP contribution in [0.1, 0.15) is 46.9 Å². The van der Waals surface area contributed by atoms with Gasteiger partial charge in [-0.25, -0.2) is 0 Å². The molecule has 0 aliphatic rings. The van der Waals surface area contributed by atoms with Gasteiger partial charge in [-0.1, -0.05) is 48.5 Å². The van der Waals surface area contributed by atoms with Crippen LogP contribution in [0.5, 0.6) is 0 Å². The highest BCUT2D eigenvalue weighted by molar-refractivity contribution is 5.97. The van der Waals surface area contributed by atoms with E-state index in [-0.39, 0.29) is 23.5 Å². The minimum Gasteiger partial charge on any atom is -0.328 e. The summed E-state index contributed by atoms with van der Waals surface area (Å²) in [6.07, 6.45) is 0. The molecule has 0 saturated heterocycles. The fraction of sp³-hybridized carbons (Fsp3) is 0.200. The molecule has 3 aromatic rings. The average molecular weight is 431 g/mol. The molecule has 0 spiro atoms. The van der Waals surface area contributed by atoms with Crippen LogP contribution in [0.4, 0.5) is 11.4 Å². The van der Waals surface area contributed by atoms with Crippen LogP contribution < -0.4 is 5.32 Å². The molecule has 3 rings (SSSR count). The summed E-state index contributed by atoms with van der Waals surface area (Å²) in [5, 5.41) is 14.1. The van der Waals surface area contributed by atoms with Gasteiger partial charge in [0.15, 0.2) is 0 Å². The van der Waals surface area contributed by atoms with Crippen LogP contribution >= 0.6 is 0 Å². The van der Waals surface area contributed by atoms with Gasteiger partial charge in [-0.2, -0.15) is 0 Å². The predicted molar refractivity (Wildman–Crippen MR) is 123 cm³/mol. The molecule has 2 amide bonds. The Balaban J connectivity index is 2.03. The van der Waals surface area contributed by atoms with Gasteiger partial charge in [-0.3, -0.25) is 19.7 Å². The van der Waals surface area contributed by atoms with Crippen molar-refractivity contribution >= 4 is 23.2 Å². The van der Waals surface area contributed by atoms with Gasteiger partial charge in [0.2, 0.25) is 5.91 Å². The van der Waals surface area contributed by atoms with E-state index in [1.165, 1.54) is 19.1 Å². The Bertz CT molecular complexity index is 1140. The Hall–Kier alpha value is -4.00. The zero-order valence-electron chi connectivity index (χ0n) is 18.2. The summed E-state index contributed by atoms with van der Waals surface area (Å²) in [5.74, 6) is -0.480. The quantitative estimate of drug-likeness (QED) is 0.408. The third kappa shape index (κ3) is 5.18. The predicted octanol–water partition coefficient (Wildman–Crippen LogP) is 5.27. The smallest absolute Gasteiger partial charge is 0.273 e. The van der Waals surface area contributed by atoms with E-state index in [2.05, 4.69) is 5.32 Å². The molecule has 0 bridgehead atoms. The third-order valence-electron chi connectivity index (χ3n) is 5.35. The fourth-order valence-corrected chi connectivity index (χ4v) is 3.63. The van der Waals surface area contributed by atoms with E-state index in [0.717, 1.165) is 11.1 Å². The lowest BCUT2D eigenvalue weighted by molar-refractivity contribution is -0.385. The highest BCUT2D eigenvalue weighted by atomic mass is 16.6. The van der Waals surface area contributed by atoms with Crippen molar-refractivity contribution in [2.45, 2.75) is 33.4 Å². The molecule has 3 aromatic carbocycles. The van der Waals surface area contributed by atoms with Gasteiger partial charge in [0.25, 0.3) is 11.6 Å². The summed E-state index contributed by atoms with van der Waals surface area (Å²) < 4.78 is 0. The van der Waals surface area contributed by atoms with Gasteiger partial charge >= 0.3 is 0 Å². The molecule has 0 heterocycles. The number of nitro benzene ring substituents is 1. The maximum absolute atomic E-state index is 13.7. The second kappa shape index (κ2) is 9.87. The van der Waals surface area contributed by atoms with Crippen LogP contribution in [-0.2, 0) is 11.3 Å². The van der Waals surface area contributed by atoms with Gasteiger partial charge in [0, 0.05) is 36.3 Å². The van der Waals surface area contributed by atoms with Gasteiger partial charge in [0.05, 0.1) is 11.0 Å². The number of benzene rings is 3. The van der Waals surface area contributed by atoms with E-state index in [1.807, 2.05) is 55.5 Å². The lowest BCUT2D eigenvalue weighted by Crippen LogP contribution is -2.33. The number of amides is 2. The minimum atomic E-state index is -0.478. The molecule has 0 aromatic heterocycles. The number of rotatable bonds is 7. The monoisotopic (exact) mass is 431 g/mol. The molecule has 7 nitrogen and oxygen atoms in total. The second-order valence-corrected chi connectivity index (χ2v) is 7.61. The molecule has 0 aliphatic carbocycles. The molecule has 1 atom stereocenters. The van der Waals surface area contributed by atoms with Crippen LogP contribution in [0.2, 0.25) is 0 Å². The lowest BCUT2D eigenvalue weighted by atomic mass is 10.0. The van der Waals surface area contributed by atoms with Crippen LogP contribution in [0.25, 0.3) is 0 Å². The highest BCUT2D eigenvalue weighted by Crippen LogP contribution is 2.29. The Morgan fingerprint density at radius 3 is 2.38 bits per heavy atom. The number of carbonyl (C=O) groups excluding carboxylic acids is 2. The zero-order chi connectivity index (χ0) is 23.3. The van der Waals surface area contributed by atoms with Crippen molar-refractivity contribution in [3.05, 3.63) is 105 Å². The van der Waals surface area contributed by atoms with Gasteiger partial charge in [0.1, 0.15) is 0 Å². The number of anilines is 1. The van der Waals surface area contributed by atoms with Crippen LogP contribution in [0.3, 0.4) is 0 Å². The standard InChI is InChI=1S/C25H25N3O4/c1-17-23(13-8-14-24(17)28(31)32)25(30)27(16-20-9-5-4-6-10-20)18(2)21-11-7-12-22(15-21)26-19(3)29/h4-15,18H,16H2,1-3H3,(H,26,29). The number of nitro groups is 1. The summed E-state index contributed by atoms with van der Waals surface area (Å²) in [6.45, 7) is 5.26. The molecule has 0 saturated carbocycles. The Kier molecular flexibility index (Phi) is 7.00. The van der Waals surface area contributed by atoms with Crippen LogP contribution in [0, 0.1) is 17.0 Å². The van der Waals surface area contributed by atoms with Crippen molar-refractivity contribution in [1.82, 2.24) is 4.90 Å². The highest BCUT2D eigenvalue weighted by Gasteiger charge is 2.27. The number of carbonyl (C=O) groups is 2. The zero-order valence-corrected chi connectivity index (χ0v) is 18.2. The molecule has 0 aliphatic heterocycles. The number of nitrogens with zero attached hydrogens (tertiary/aromatic N) is 2. The molecule has 164 valence electrons. The Labute approximate surface area is 186 Å². The summed E-state index contributed by atoms with van der Waals surface area (Å²) >= 11 is 0. The average Bonchev–Trinajstić information content (AvgIpc) is 2.77. The SMILES string of the molecule is CC(=O)Nc1cccc(C(C)N(Cc2ccccc2)C(=O)c2cccc([N+](=O)[O-])c2C)c1. The summed E-state index contributed by atoms with van der Waals surface area (Å²) in [5.41, 5.74) is 2.95. The van der Waals surface area contributed by atoms with Gasteiger partial charge in [-0.15, -0.1) is 0 Å². The van der Waals surface area contributed by atoms with E-state index >= 15 is 0 Å². The van der Waals surface area contributed by atoms with Gasteiger partial charge in [-0.05, 0) is 43.2 Å². The first kappa shape index (κ1) is 22.7. The van der Waals surface area contributed by atoms with E-state index in [0.29, 0.717) is 23.4 Å². The first-order chi connectivity index (χ1) is 15.3. The minimum absolute atomic E-state index is 0.0872. The molecule has 1 N–H and O–H groups in total. The molecule has 0 fully saturated rings. The molecular weight excluding hydrogens is 406 g/mol. The van der Waals surface area contributed by atoms with Gasteiger partial charge < -0.3 is 10.2 Å². The maximum Gasteiger partial charge on any atom is 0.273 e. The Morgan fingerprint density at radius 2 is 1.72 bits per heavy atom. The normalized spacial score (nSPS) is 11.5. The summed E-state index contributed by atoms with van der Waals surface area (Å²) in [7, 11) is 0. The molecule has 0 radical (unpaired) electrons. The van der Waals surface area contributed by atoms with Crippen molar-refractivity contribution in [2.75, 3.05) is 5.32 Å². The van der Waals surface area contributed by atoms with E-state index < -0.39 is 4.92 Å². The largest absolute Gasteiger partial charge is 0.328 e. The first-order valence-corrected chi connectivity index (χ1v) is 10.2. The van der Waals surface area contributed by atoms with E-state index in [1.54, 1.807) is 24.0 Å².